The number of anilines is 1. The molecule has 4 aromatic rings. The summed E-state index contributed by atoms with van der Waals surface area (Å²) >= 11 is 12.7. The highest BCUT2D eigenvalue weighted by Crippen LogP contribution is 2.33. The lowest BCUT2D eigenvalue weighted by Gasteiger charge is -2.31. The summed E-state index contributed by atoms with van der Waals surface area (Å²) in [6.45, 7) is 0. The van der Waals surface area contributed by atoms with E-state index in [9.17, 15) is 19.1 Å². The molecular formula is C26H20Cl2FN5O3. The van der Waals surface area contributed by atoms with E-state index in [-0.39, 0.29) is 33.2 Å². The molecule has 37 heavy (non-hydrogen) atoms. The first kappa shape index (κ1) is 24.9. The number of aromatic nitrogens is 3. The van der Waals surface area contributed by atoms with Crippen molar-refractivity contribution in [3.63, 3.8) is 0 Å². The zero-order valence-corrected chi connectivity index (χ0v) is 20.7. The minimum absolute atomic E-state index is 0.0962. The number of hydrogen-bond donors (Lipinski definition) is 3. The van der Waals surface area contributed by atoms with E-state index in [1.54, 1.807) is 24.3 Å². The maximum atomic E-state index is 13.3. The summed E-state index contributed by atoms with van der Waals surface area (Å²) in [4.78, 5) is 30.1. The minimum Gasteiger partial charge on any atom is -0.393 e. The molecule has 0 bridgehead atoms. The second kappa shape index (κ2) is 10.3. The van der Waals surface area contributed by atoms with Crippen molar-refractivity contribution in [2.75, 3.05) is 5.32 Å². The van der Waals surface area contributed by atoms with Gasteiger partial charge >= 0.3 is 0 Å². The standard InChI is InChI=1S/C26H20Cl2FN5O3/c27-20-11-21(28)19(10-18(20)22-7-6-14(29)13-30-22)25(36)32-24-12-23(26(37)31-15-8-17(35)9-15)33-34(24)16-4-2-1-3-5-16/h1-7,10-13,15,17,35H,8-9H2,(H,31,37)(H,32,36). The van der Waals surface area contributed by atoms with E-state index < -0.39 is 23.7 Å². The number of hydrogen-bond acceptors (Lipinski definition) is 5. The van der Waals surface area contributed by atoms with Gasteiger partial charge in [0.2, 0.25) is 0 Å². The Hall–Kier alpha value is -3.79. The van der Waals surface area contributed by atoms with E-state index >= 15 is 0 Å². The molecule has 1 aliphatic rings. The van der Waals surface area contributed by atoms with Crippen molar-refractivity contribution in [1.82, 2.24) is 20.1 Å². The number of carbonyl (C=O) groups excluding carboxylic acids is 2. The second-order valence-electron chi connectivity index (χ2n) is 8.59. The number of aliphatic hydroxyl groups excluding tert-OH is 1. The maximum Gasteiger partial charge on any atom is 0.272 e. The van der Waals surface area contributed by atoms with Crippen LogP contribution in [0.5, 0.6) is 0 Å². The Bertz CT molecular complexity index is 1470. The number of carbonyl (C=O) groups is 2. The van der Waals surface area contributed by atoms with Crippen LogP contribution in [0.1, 0.15) is 33.7 Å². The van der Waals surface area contributed by atoms with Crippen LogP contribution in [-0.4, -0.2) is 43.8 Å². The van der Waals surface area contributed by atoms with Crippen LogP contribution in [0.4, 0.5) is 10.2 Å². The van der Waals surface area contributed by atoms with Crippen molar-refractivity contribution in [2.24, 2.45) is 0 Å². The highest BCUT2D eigenvalue weighted by molar-refractivity contribution is 6.38. The molecule has 5 rings (SSSR count). The Kier molecular flexibility index (Phi) is 6.92. The van der Waals surface area contributed by atoms with Crippen molar-refractivity contribution in [1.29, 1.82) is 0 Å². The average molecular weight is 540 g/mol. The van der Waals surface area contributed by atoms with Gasteiger partial charge in [-0.25, -0.2) is 9.07 Å². The fourth-order valence-electron chi connectivity index (χ4n) is 3.95. The van der Waals surface area contributed by atoms with E-state index in [1.165, 1.54) is 35.0 Å². The zero-order chi connectivity index (χ0) is 26.1. The van der Waals surface area contributed by atoms with Gasteiger partial charge in [0.15, 0.2) is 5.69 Å². The molecule has 2 amide bonds. The monoisotopic (exact) mass is 539 g/mol. The SMILES string of the molecule is O=C(NC1CC(O)C1)c1cc(NC(=O)c2cc(-c3ccc(F)cn3)c(Cl)cc2Cl)n(-c2ccccc2)n1. The van der Waals surface area contributed by atoms with Crippen LogP contribution in [0.3, 0.4) is 0 Å². The highest BCUT2D eigenvalue weighted by Gasteiger charge is 2.30. The van der Waals surface area contributed by atoms with E-state index in [1.807, 2.05) is 6.07 Å². The van der Waals surface area contributed by atoms with Crippen molar-refractivity contribution in [2.45, 2.75) is 25.0 Å². The van der Waals surface area contributed by atoms with Gasteiger partial charge in [-0.05, 0) is 49.2 Å². The van der Waals surface area contributed by atoms with Gasteiger partial charge in [-0.1, -0.05) is 41.4 Å². The van der Waals surface area contributed by atoms with Crippen LogP contribution < -0.4 is 10.6 Å². The number of nitrogens with one attached hydrogen (secondary N) is 2. The first-order chi connectivity index (χ1) is 17.8. The molecule has 188 valence electrons. The third-order valence-electron chi connectivity index (χ3n) is 5.94. The molecule has 0 spiro atoms. The molecule has 2 aromatic carbocycles. The molecule has 11 heteroatoms. The molecule has 0 atom stereocenters. The van der Waals surface area contributed by atoms with Crippen LogP contribution in [0.2, 0.25) is 10.0 Å². The summed E-state index contributed by atoms with van der Waals surface area (Å²) in [5.41, 5.74) is 1.58. The number of para-hydroxylation sites is 1. The van der Waals surface area contributed by atoms with Crippen molar-refractivity contribution < 1.29 is 19.1 Å². The average Bonchev–Trinajstić information content (AvgIpc) is 3.28. The number of benzene rings is 2. The van der Waals surface area contributed by atoms with Crippen LogP contribution in [0, 0.1) is 5.82 Å². The first-order valence-corrected chi connectivity index (χ1v) is 12.1. The number of rotatable bonds is 6. The van der Waals surface area contributed by atoms with Gasteiger partial charge in [0, 0.05) is 17.7 Å². The van der Waals surface area contributed by atoms with E-state index in [2.05, 4.69) is 20.7 Å². The van der Waals surface area contributed by atoms with Gasteiger partial charge in [-0.15, -0.1) is 0 Å². The Morgan fingerprint density at radius 1 is 1.00 bits per heavy atom. The number of halogens is 3. The lowest BCUT2D eigenvalue weighted by atomic mass is 9.89. The summed E-state index contributed by atoms with van der Waals surface area (Å²) in [7, 11) is 0. The van der Waals surface area contributed by atoms with Gasteiger partial charge in [0.05, 0.1) is 39.3 Å². The molecule has 8 nitrogen and oxygen atoms in total. The fraction of sp³-hybridized carbons (Fsp3) is 0.154. The molecule has 1 aliphatic carbocycles. The van der Waals surface area contributed by atoms with Gasteiger partial charge in [-0.2, -0.15) is 5.10 Å². The molecular weight excluding hydrogens is 520 g/mol. The summed E-state index contributed by atoms with van der Waals surface area (Å²) in [5.74, 6) is -1.26. The summed E-state index contributed by atoms with van der Waals surface area (Å²) < 4.78 is 14.8. The summed E-state index contributed by atoms with van der Waals surface area (Å²) in [5, 5.41) is 19.8. The smallest absolute Gasteiger partial charge is 0.272 e. The molecule has 0 aliphatic heterocycles. The van der Waals surface area contributed by atoms with Gasteiger partial charge < -0.3 is 15.7 Å². The van der Waals surface area contributed by atoms with E-state index in [4.69, 9.17) is 23.2 Å². The van der Waals surface area contributed by atoms with Crippen molar-refractivity contribution >= 4 is 40.8 Å². The fourth-order valence-corrected chi connectivity index (χ4v) is 4.52. The number of aliphatic hydroxyl groups is 1. The topological polar surface area (TPSA) is 109 Å². The van der Waals surface area contributed by atoms with Crippen LogP contribution in [0.25, 0.3) is 16.9 Å². The summed E-state index contributed by atoms with van der Waals surface area (Å²) in [6.07, 6.45) is 1.60. The Morgan fingerprint density at radius 2 is 1.76 bits per heavy atom. The normalized spacial score (nSPS) is 16.6. The first-order valence-electron chi connectivity index (χ1n) is 11.3. The lowest BCUT2D eigenvalue weighted by Crippen LogP contribution is -2.46. The largest absolute Gasteiger partial charge is 0.393 e. The predicted octanol–water partition coefficient (Wildman–Crippen LogP) is 4.89. The molecule has 1 fully saturated rings. The molecule has 0 radical (unpaired) electrons. The van der Waals surface area contributed by atoms with E-state index in [0.29, 0.717) is 29.8 Å². The van der Waals surface area contributed by atoms with Gasteiger partial charge in [0.25, 0.3) is 11.8 Å². The van der Waals surface area contributed by atoms with Gasteiger partial charge in [0.1, 0.15) is 11.6 Å². The van der Waals surface area contributed by atoms with Crippen LogP contribution >= 0.6 is 23.2 Å². The van der Waals surface area contributed by atoms with Crippen molar-refractivity contribution in [3.8, 4) is 16.9 Å². The van der Waals surface area contributed by atoms with Crippen molar-refractivity contribution in [3.05, 3.63) is 94.0 Å². The minimum atomic E-state index is -0.573. The number of amides is 2. The Labute approximate surface area is 221 Å². The van der Waals surface area contributed by atoms with Gasteiger partial charge in [-0.3, -0.25) is 14.6 Å². The number of nitrogens with zero attached hydrogens (tertiary/aromatic N) is 3. The predicted molar refractivity (Wildman–Crippen MR) is 138 cm³/mol. The zero-order valence-electron chi connectivity index (χ0n) is 19.2. The molecule has 0 saturated heterocycles. The number of pyridine rings is 1. The maximum absolute atomic E-state index is 13.3. The third kappa shape index (κ3) is 5.34. The quantitative estimate of drug-likeness (QED) is 0.323. The van der Waals surface area contributed by atoms with Crippen LogP contribution in [-0.2, 0) is 0 Å². The molecule has 2 heterocycles. The summed E-state index contributed by atoms with van der Waals surface area (Å²) in [6, 6.07) is 15.9. The Morgan fingerprint density at radius 3 is 2.43 bits per heavy atom. The second-order valence-corrected chi connectivity index (χ2v) is 9.40. The molecule has 1 saturated carbocycles. The van der Waals surface area contributed by atoms with E-state index in [0.717, 1.165) is 6.20 Å². The molecule has 3 N–H and O–H groups in total. The molecule has 2 aromatic heterocycles. The highest BCUT2D eigenvalue weighted by atomic mass is 35.5. The Balaban J connectivity index is 1.46. The molecule has 0 unspecified atom stereocenters. The lowest BCUT2D eigenvalue weighted by molar-refractivity contribution is 0.0560. The van der Waals surface area contributed by atoms with Crippen LogP contribution in [0.15, 0.2) is 66.9 Å². The third-order valence-corrected chi connectivity index (χ3v) is 6.56.